The van der Waals surface area contributed by atoms with Gasteiger partial charge in [0.1, 0.15) is 17.4 Å². The van der Waals surface area contributed by atoms with E-state index in [1.165, 1.54) is 0 Å². The Balaban J connectivity index is 1.87. The van der Waals surface area contributed by atoms with Crippen molar-refractivity contribution in [2.75, 3.05) is 11.9 Å². The first-order chi connectivity index (χ1) is 15.4. The molecule has 3 aromatic rings. The number of nitrogens with one attached hydrogen (secondary N) is 1. The van der Waals surface area contributed by atoms with Crippen molar-refractivity contribution in [1.82, 2.24) is 0 Å². The van der Waals surface area contributed by atoms with Crippen molar-refractivity contribution in [1.29, 1.82) is 5.26 Å². The fourth-order valence-electron chi connectivity index (χ4n) is 3.32. The highest BCUT2D eigenvalue weighted by Gasteiger charge is 2.13. The van der Waals surface area contributed by atoms with Gasteiger partial charge in [-0.1, -0.05) is 54.1 Å². The van der Waals surface area contributed by atoms with Crippen LogP contribution in [-0.2, 0) is 11.2 Å². The van der Waals surface area contributed by atoms with Crippen LogP contribution in [0.2, 0.25) is 5.02 Å². The smallest absolute Gasteiger partial charge is 0.266 e. The molecule has 0 heterocycles. The lowest BCUT2D eigenvalue weighted by Crippen LogP contribution is -2.14. The van der Waals surface area contributed by atoms with E-state index < -0.39 is 5.91 Å². The van der Waals surface area contributed by atoms with Crippen LogP contribution in [0, 0.1) is 25.2 Å². The molecule has 0 aliphatic heterocycles. The molecule has 1 N–H and O–H groups in total. The fraction of sp³-hybridized carbons (Fsp3) is 0.185. The van der Waals surface area contributed by atoms with Gasteiger partial charge in [-0.3, -0.25) is 4.79 Å². The number of carbonyl (C=O) groups is 1. The molecular formula is C27H25ClN2O2. The molecule has 0 fully saturated rings. The van der Waals surface area contributed by atoms with Crippen molar-refractivity contribution in [2.45, 2.75) is 27.2 Å². The predicted molar refractivity (Wildman–Crippen MR) is 130 cm³/mol. The number of carbonyl (C=O) groups excluding carboxylic acids is 1. The van der Waals surface area contributed by atoms with Gasteiger partial charge in [0, 0.05) is 17.1 Å². The number of anilines is 1. The molecule has 0 saturated carbocycles. The minimum atomic E-state index is -0.445. The lowest BCUT2D eigenvalue weighted by Gasteiger charge is -2.13. The molecule has 0 aliphatic carbocycles. The van der Waals surface area contributed by atoms with E-state index >= 15 is 0 Å². The predicted octanol–water partition coefficient (Wildman–Crippen LogP) is 6.49. The molecule has 3 aromatic carbocycles. The van der Waals surface area contributed by atoms with Gasteiger partial charge < -0.3 is 10.1 Å². The summed E-state index contributed by atoms with van der Waals surface area (Å²) in [5.41, 5.74) is 5.38. The number of benzene rings is 3. The first-order valence-electron chi connectivity index (χ1n) is 10.4. The molecule has 162 valence electrons. The number of nitriles is 1. The Kier molecular flexibility index (Phi) is 7.70. The summed E-state index contributed by atoms with van der Waals surface area (Å²) in [5, 5.41) is 13.1. The van der Waals surface area contributed by atoms with E-state index in [0.29, 0.717) is 35.1 Å². The van der Waals surface area contributed by atoms with Crippen LogP contribution in [0.15, 0.2) is 66.2 Å². The van der Waals surface area contributed by atoms with Crippen molar-refractivity contribution in [2.24, 2.45) is 0 Å². The van der Waals surface area contributed by atoms with E-state index in [1.807, 2.05) is 87.5 Å². The highest BCUT2D eigenvalue weighted by molar-refractivity contribution is 6.31. The zero-order chi connectivity index (χ0) is 23.1. The average Bonchev–Trinajstić information content (AvgIpc) is 2.77. The topological polar surface area (TPSA) is 62.1 Å². The van der Waals surface area contributed by atoms with Gasteiger partial charge in [0.25, 0.3) is 5.91 Å². The number of ether oxygens (including phenoxy) is 1. The molecule has 0 unspecified atom stereocenters. The second kappa shape index (κ2) is 10.7. The van der Waals surface area contributed by atoms with E-state index in [0.717, 1.165) is 22.3 Å². The van der Waals surface area contributed by atoms with Crippen LogP contribution in [0.4, 0.5) is 5.69 Å². The number of amides is 1. The number of nitrogens with zero attached hydrogens (tertiary/aromatic N) is 1. The molecule has 0 bridgehead atoms. The molecule has 3 rings (SSSR count). The van der Waals surface area contributed by atoms with Gasteiger partial charge in [-0.2, -0.15) is 5.26 Å². The van der Waals surface area contributed by atoms with Crippen LogP contribution >= 0.6 is 11.6 Å². The van der Waals surface area contributed by atoms with Crippen molar-refractivity contribution in [3.05, 3.63) is 99.1 Å². The molecule has 0 saturated heterocycles. The second-order valence-electron chi connectivity index (χ2n) is 7.51. The van der Waals surface area contributed by atoms with Crippen molar-refractivity contribution in [3.8, 4) is 11.8 Å². The lowest BCUT2D eigenvalue weighted by molar-refractivity contribution is -0.112. The molecular weight excluding hydrogens is 420 g/mol. The third-order valence-corrected chi connectivity index (χ3v) is 5.42. The minimum Gasteiger partial charge on any atom is -0.494 e. The first-order valence-corrected chi connectivity index (χ1v) is 10.8. The normalized spacial score (nSPS) is 11.0. The summed E-state index contributed by atoms with van der Waals surface area (Å²) < 4.78 is 5.83. The minimum absolute atomic E-state index is 0.0206. The summed E-state index contributed by atoms with van der Waals surface area (Å²) in [6.07, 6.45) is 2.19. The van der Waals surface area contributed by atoms with Crippen molar-refractivity contribution >= 4 is 29.3 Å². The van der Waals surface area contributed by atoms with Gasteiger partial charge in [0.05, 0.1) is 6.61 Å². The Morgan fingerprint density at radius 1 is 1.09 bits per heavy atom. The summed E-state index contributed by atoms with van der Waals surface area (Å²) in [5.74, 6) is 0.257. The summed E-state index contributed by atoms with van der Waals surface area (Å²) in [6.45, 7) is 6.29. The van der Waals surface area contributed by atoms with E-state index in [2.05, 4.69) is 5.32 Å². The molecule has 0 spiro atoms. The maximum absolute atomic E-state index is 12.7. The summed E-state index contributed by atoms with van der Waals surface area (Å²) in [4.78, 5) is 12.7. The highest BCUT2D eigenvalue weighted by atomic mass is 35.5. The van der Waals surface area contributed by atoms with Crippen LogP contribution in [0.25, 0.3) is 6.08 Å². The number of hydrogen-bond donors (Lipinski definition) is 1. The third kappa shape index (κ3) is 5.78. The van der Waals surface area contributed by atoms with E-state index in [9.17, 15) is 10.1 Å². The Labute approximate surface area is 194 Å². The largest absolute Gasteiger partial charge is 0.494 e. The SMILES string of the molecule is CCOc1cc(/C=C(\C#N)C(=O)Nc2cc(C)ccc2C)ccc1Cc1ccccc1Cl. The van der Waals surface area contributed by atoms with Crippen molar-refractivity contribution in [3.63, 3.8) is 0 Å². The Hall–Kier alpha value is -3.55. The molecule has 0 radical (unpaired) electrons. The second-order valence-corrected chi connectivity index (χ2v) is 7.92. The highest BCUT2D eigenvalue weighted by Crippen LogP contribution is 2.27. The number of rotatable bonds is 7. The number of aryl methyl sites for hydroxylation is 2. The summed E-state index contributed by atoms with van der Waals surface area (Å²) >= 11 is 6.31. The van der Waals surface area contributed by atoms with E-state index in [1.54, 1.807) is 6.08 Å². The van der Waals surface area contributed by atoms with E-state index in [-0.39, 0.29) is 5.57 Å². The van der Waals surface area contributed by atoms with Crippen LogP contribution in [0.1, 0.15) is 34.7 Å². The van der Waals surface area contributed by atoms with Gasteiger partial charge in [0.2, 0.25) is 0 Å². The van der Waals surface area contributed by atoms with Crippen molar-refractivity contribution < 1.29 is 9.53 Å². The zero-order valence-electron chi connectivity index (χ0n) is 18.4. The molecule has 4 nitrogen and oxygen atoms in total. The van der Waals surface area contributed by atoms with Gasteiger partial charge in [-0.15, -0.1) is 0 Å². The van der Waals surface area contributed by atoms with Gasteiger partial charge in [0.15, 0.2) is 0 Å². The average molecular weight is 445 g/mol. The van der Waals surface area contributed by atoms with Gasteiger partial charge >= 0.3 is 0 Å². The molecule has 0 aliphatic rings. The fourth-order valence-corrected chi connectivity index (χ4v) is 3.52. The zero-order valence-corrected chi connectivity index (χ0v) is 19.2. The van der Waals surface area contributed by atoms with Crippen LogP contribution in [0.3, 0.4) is 0 Å². The Morgan fingerprint density at radius 3 is 2.59 bits per heavy atom. The molecule has 32 heavy (non-hydrogen) atoms. The molecule has 0 atom stereocenters. The maximum atomic E-state index is 12.7. The Bertz CT molecular complexity index is 1210. The molecule has 5 heteroatoms. The Morgan fingerprint density at radius 2 is 1.88 bits per heavy atom. The lowest BCUT2D eigenvalue weighted by atomic mass is 10.0. The standard InChI is InChI=1S/C27H25ClN2O2/c1-4-32-26-15-20(11-12-22(26)16-21-7-5-6-8-24(21)28)14-23(17-29)27(31)30-25-13-18(2)9-10-19(25)3/h5-15H,4,16H2,1-3H3,(H,30,31)/b23-14+. The third-order valence-electron chi connectivity index (χ3n) is 5.05. The van der Waals surface area contributed by atoms with Gasteiger partial charge in [-0.05, 0) is 72.9 Å². The van der Waals surface area contributed by atoms with E-state index in [4.69, 9.17) is 16.3 Å². The summed E-state index contributed by atoms with van der Waals surface area (Å²) in [6, 6.07) is 21.2. The monoisotopic (exact) mass is 444 g/mol. The molecule has 0 aromatic heterocycles. The van der Waals surface area contributed by atoms with Crippen LogP contribution < -0.4 is 10.1 Å². The summed E-state index contributed by atoms with van der Waals surface area (Å²) in [7, 11) is 0. The van der Waals surface area contributed by atoms with Crippen LogP contribution in [0.5, 0.6) is 5.75 Å². The van der Waals surface area contributed by atoms with Gasteiger partial charge in [-0.25, -0.2) is 0 Å². The molecule has 1 amide bonds. The first kappa shape index (κ1) is 23.1. The van der Waals surface area contributed by atoms with Crippen LogP contribution in [-0.4, -0.2) is 12.5 Å². The maximum Gasteiger partial charge on any atom is 0.266 e. The number of halogens is 1. The number of hydrogen-bond acceptors (Lipinski definition) is 3. The quantitative estimate of drug-likeness (QED) is 0.334.